The number of benzene rings is 1. The Balaban J connectivity index is 1.19. The van der Waals surface area contributed by atoms with E-state index in [0.29, 0.717) is 56.3 Å². The molecule has 6 heteroatoms. The summed E-state index contributed by atoms with van der Waals surface area (Å²) < 4.78 is 19.3. The van der Waals surface area contributed by atoms with Gasteiger partial charge in [0.2, 0.25) is 0 Å². The summed E-state index contributed by atoms with van der Waals surface area (Å²) in [6, 6.07) is 5.86. The number of β-amino-alcohol motifs (C(OH)–C–C–N with tert-alkyl or cyclic N) is 1. The molecule has 2 bridgehead atoms. The predicted octanol–water partition coefficient (Wildman–Crippen LogP) is 3.34. The van der Waals surface area contributed by atoms with E-state index in [1.165, 1.54) is 24.1 Å². The number of hydrogen-bond donors (Lipinski definition) is 1. The van der Waals surface area contributed by atoms with E-state index in [1.54, 1.807) is 17.0 Å². The van der Waals surface area contributed by atoms with Gasteiger partial charge in [-0.25, -0.2) is 4.39 Å². The molecule has 31 heavy (non-hydrogen) atoms. The average Bonchev–Trinajstić information content (AvgIpc) is 2.98. The van der Waals surface area contributed by atoms with Crippen LogP contribution in [0.25, 0.3) is 0 Å². The van der Waals surface area contributed by atoms with Crippen LogP contribution in [-0.4, -0.2) is 72.9 Å². The van der Waals surface area contributed by atoms with Crippen molar-refractivity contribution in [2.75, 3.05) is 45.9 Å². The van der Waals surface area contributed by atoms with Crippen molar-refractivity contribution in [1.29, 1.82) is 0 Å². The number of rotatable bonds is 7. The highest BCUT2D eigenvalue weighted by molar-refractivity contribution is 5.94. The van der Waals surface area contributed by atoms with E-state index in [1.807, 2.05) is 0 Å². The van der Waals surface area contributed by atoms with E-state index in [9.17, 15) is 14.3 Å². The van der Waals surface area contributed by atoms with Crippen molar-refractivity contribution in [3.8, 4) is 0 Å². The first-order chi connectivity index (χ1) is 14.8. The fourth-order valence-corrected chi connectivity index (χ4v) is 5.46. The molecule has 1 saturated heterocycles. The molecule has 3 aliphatic carbocycles. The molecule has 3 atom stereocenters. The minimum Gasteiger partial charge on any atom is -0.389 e. The molecule has 1 N–H and O–H groups in total. The van der Waals surface area contributed by atoms with Gasteiger partial charge in [0.1, 0.15) is 5.82 Å². The number of amides is 1. The topological polar surface area (TPSA) is 53.0 Å². The summed E-state index contributed by atoms with van der Waals surface area (Å²) in [5, 5.41) is 10.5. The van der Waals surface area contributed by atoms with Crippen molar-refractivity contribution in [1.82, 2.24) is 9.80 Å². The molecule has 5 nitrogen and oxygen atoms in total. The summed E-state index contributed by atoms with van der Waals surface area (Å²) in [4.78, 5) is 16.6. The number of allylic oxidation sites excluding steroid dienone is 1. The zero-order valence-electron chi connectivity index (χ0n) is 18.7. The number of ether oxygens (including phenoxy) is 1. The van der Waals surface area contributed by atoms with Gasteiger partial charge in [0.15, 0.2) is 0 Å². The molecule has 1 aromatic rings. The van der Waals surface area contributed by atoms with Crippen LogP contribution in [0.3, 0.4) is 0 Å². The van der Waals surface area contributed by atoms with Crippen molar-refractivity contribution >= 4 is 5.91 Å². The van der Waals surface area contributed by atoms with Gasteiger partial charge in [0, 0.05) is 31.7 Å². The monoisotopic (exact) mass is 430 g/mol. The van der Waals surface area contributed by atoms with Gasteiger partial charge in [0.05, 0.1) is 19.3 Å². The zero-order valence-corrected chi connectivity index (χ0v) is 18.7. The highest BCUT2D eigenvalue weighted by Crippen LogP contribution is 2.59. The molecular formula is C25H35FN2O3. The first-order valence-corrected chi connectivity index (χ1v) is 11.6. The third kappa shape index (κ3) is 5.02. The second-order valence-electron chi connectivity index (χ2n) is 9.95. The normalized spacial score (nSPS) is 26.6. The molecule has 0 spiro atoms. The van der Waals surface area contributed by atoms with Crippen LogP contribution in [-0.2, 0) is 4.74 Å². The van der Waals surface area contributed by atoms with Gasteiger partial charge in [-0.15, -0.1) is 0 Å². The van der Waals surface area contributed by atoms with Crippen molar-refractivity contribution in [3.63, 3.8) is 0 Å². The van der Waals surface area contributed by atoms with Gasteiger partial charge in [-0.2, -0.15) is 0 Å². The Kier molecular flexibility index (Phi) is 6.80. The number of aliphatic hydroxyl groups is 1. The number of carbonyl (C=O) groups is 1. The molecular weight excluding hydrogens is 395 g/mol. The first-order valence-electron chi connectivity index (χ1n) is 11.6. The predicted molar refractivity (Wildman–Crippen MR) is 118 cm³/mol. The molecule has 3 unspecified atom stereocenters. The maximum absolute atomic E-state index is 13.4. The van der Waals surface area contributed by atoms with Gasteiger partial charge in [-0.3, -0.25) is 9.69 Å². The van der Waals surface area contributed by atoms with Gasteiger partial charge in [-0.05, 0) is 66.8 Å². The molecule has 1 aromatic carbocycles. The number of carbonyl (C=O) groups excluding carboxylic acids is 1. The van der Waals surface area contributed by atoms with Crippen molar-refractivity contribution in [3.05, 3.63) is 47.3 Å². The van der Waals surface area contributed by atoms with E-state index in [2.05, 4.69) is 24.8 Å². The Morgan fingerprint density at radius 3 is 2.87 bits per heavy atom. The van der Waals surface area contributed by atoms with E-state index >= 15 is 0 Å². The van der Waals surface area contributed by atoms with Gasteiger partial charge >= 0.3 is 0 Å². The highest BCUT2D eigenvalue weighted by atomic mass is 19.1. The third-order valence-electron chi connectivity index (χ3n) is 7.58. The fraction of sp³-hybridized carbons (Fsp3) is 0.640. The Labute approximate surface area is 184 Å². The van der Waals surface area contributed by atoms with Crippen LogP contribution in [0.2, 0.25) is 0 Å². The molecule has 1 saturated carbocycles. The minimum atomic E-state index is -0.545. The Hall–Kier alpha value is -1.76. The standard InChI is InChI=1S/C25H35FN2O3/c1-25(2)20-8-7-19(23(25)14-20)16-31-17-22(29)15-27-9-4-10-28(12-11-27)24(30)18-5-3-6-21(26)13-18/h3,5-7,13,20,22-23,29H,4,8-12,14-17H2,1-2H3. The lowest BCUT2D eigenvalue weighted by Crippen LogP contribution is -2.48. The van der Waals surface area contributed by atoms with Crippen molar-refractivity contribution < 1.29 is 19.0 Å². The van der Waals surface area contributed by atoms with E-state index in [0.717, 1.165) is 25.3 Å². The average molecular weight is 431 g/mol. The van der Waals surface area contributed by atoms with E-state index in [4.69, 9.17) is 4.74 Å². The maximum Gasteiger partial charge on any atom is 0.254 e. The second-order valence-corrected chi connectivity index (χ2v) is 9.95. The number of hydrogen-bond acceptors (Lipinski definition) is 4. The third-order valence-corrected chi connectivity index (χ3v) is 7.58. The highest BCUT2D eigenvalue weighted by Gasteiger charge is 2.50. The van der Waals surface area contributed by atoms with Crippen LogP contribution in [0.15, 0.2) is 35.9 Å². The van der Waals surface area contributed by atoms with Gasteiger partial charge in [-0.1, -0.05) is 26.0 Å². The molecule has 1 amide bonds. The molecule has 2 fully saturated rings. The quantitative estimate of drug-likeness (QED) is 0.674. The van der Waals surface area contributed by atoms with Crippen LogP contribution in [0, 0.1) is 23.1 Å². The summed E-state index contributed by atoms with van der Waals surface area (Å²) in [7, 11) is 0. The van der Waals surface area contributed by atoms with Crippen LogP contribution in [0.1, 0.15) is 43.5 Å². The van der Waals surface area contributed by atoms with Crippen LogP contribution in [0.5, 0.6) is 0 Å². The second kappa shape index (κ2) is 9.39. The van der Waals surface area contributed by atoms with Crippen molar-refractivity contribution in [2.24, 2.45) is 17.3 Å². The summed E-state index contributed by atoms with van der Waals surface area (Å²) >= 11 is 0. The number of halogens is 1. The lowest BCUT2D eigenvalue weighted by Gasteiger charge is -2.56. The number of aliphatic hydroxyl groups excluding tert-OH is 1. The lowest BCUT2D eigenvalue weighted by molar-refractivity contribution is -0.0260. The molecule has 0 aromatic heterocycles. The number of nitrogens with zero attached hydrogens (tertiary/aromatic N) is 2. The smallest absolute Gasteiger partial charge is 0.254 e. The SMILES string of the molecule is CC1(C)C2CC=C(COCC(O)CN3CCCN(C(=O)c4cccc(F)c4)CC3)C1C2. The Bertz CT molecular complexity index is 825. The summed E-state index contributed by atoms with van der Waals surface area (Å²) in [5.74, 6) is 0.931. The molecule has 170 valence electrons. The first kappa shape index (κ1) is 22.4. The fourth-order valence-electron chi connectivity index (χ4n) is 5.46. The molecule has 1 aliphatic heterocycles. The molecule has 1 heterocycles. The van der Waals surface area contributed by atoms with Crippen molar-refractivity contribution in [2.45, 2.75) is 39.2 Å². The van der Waals surface area contributed by atoms with Gasteiger partial charge in [0.25, 0.3) is 5.91 Å². The summed E-state index contributed by atoms with van der Waals surface area (Å²) in [6.07, 6.45) is 5.07. The van der Waals surface area contributed by atoms with E-state index in [-0.39, 0.29) is 5.91 Å². The summed E-state index contributed by atoms with van der Waals surface area (Å²) in [5.41, 5.74) is 2.19. The largest absolute Gasteiger partial charge is 0.389 e. The number of fused-ring (bicyclic) bond motifs is 1. The maximum atomic E-state index is 13.4. The van der Waals surface area contributed by atoms with Crippen LogP contribution < -0.4 is 0 Å². The Morgan fingerprint density at radius 2 is 2.13 bits per heavy atom. The van der Waals surface area contributed by atoms with Crippen LogP contribution >= 0.6 is 0 Å². The minimum absolute atomic E-state index is 0.132. The van der Waals surface area contributed by atoms with Crippen LogP contribution in [0.4, 0.5) is 4.39 Å². The lowest BCUT2D eigenvalue weighted by atomic mass is 9.49. The van der Waals surface area contributed by atoms with Gasteiger partial charge < -0.3 is 14.7 Å². The molecule has 4 aliphatic rings. The Morgan fingerprint density at radius 1 is 1.29 bits per heavy atom. The molecule has 0 radical (unpaired) electrons. The zero-order chi connectivity index (χ0) is 22.0. The summed E-state index contributed by atoms with van der Waals surface area (Å²) in [6.45, 7) is 8.94. The molecule has 5 rings (SSSR count). The van der Waals surface area contributed by atoms with E-state index < -0.39 is 11.9 Å².